The molecule has 200 valence electrons. The predicted octanol–water partition coefficient (Wildman–Crippen LogP) is 5.82. The first-order valence-corrected chi connectivity index (χ1v) is 13.1. The van der Waals surface area contributed by atoms with E-state index in [1.165, 1.54) is 12.3 Å². The van der Waals surface area contributed by atoms with E-state index >= 15 is 0 Å². The van der Waals surface area contributed by atoms with Crippen LogP contribution < -0.4 is 20.2 Å². The number of nitrogens with one attached hydrogen (secondary N) is 2. The van der Waals surface area contributed by atoms with Gasteiger partial charge in [0.05, 0.1) is 17.8 Å². The molecule has 0 unspecified atom stereocenters. The molecule has 0 aliphatic carbocycles. The lowest BCUT2D eigenvalue weighted by Gasteiger charge is -2.21. The molecule has 9 heteroatoms. The largest absolute Gasteiger partial charge is 0.494 e. The van der Waals surface area contributed by atoms with Gasteiger partial charge in [-0.2, -0.15) is 5.10 Å². The van der Waals surface area contributed by atoms with E-state index in [2.05, 4.69) is 22.8 Å². The minimum Gasteiger partial charge on any atom is -0.494 e. The van der Waals surface area contributed by atoms with Crippen molar-refractivity contribution in [1.29, 1.82) is 0 Å². The van der Waals surface area contributed by atoms with Crippen molar-refractivity contribution in [3.8, 4) is 11.5 Å². The Labute approximate surface area is 233 Å². The Morgan fingerprint density at radius 1 is 1.00 bits per heavy atom. The fourth-order valence-corrected chi connectivity index (χ4v) is 3.85. The number of amides is 2. The van der Waals surface area contributed by atoms with Gasteiger partial charge in [-0.05, 0) is 66.9 Å². The molecule has 0 aromatic heterocycles. The number of hydrogen-bond donors (Lipinski definition) is 2. The number of nitrogens with zero attached hydrogens (tertiary/aromatic N) is 1. The highest BCUT2D eigenvalue weighted by atomic mass is 35.5. The van der Waals surface area contributed by atoms with Crippen molar-refractivity contribution in [1.82, 2.24) is 10.7 Å². The molecular formula is C29H31Cl2N3O4. The van der Waals surface area contributed by atoms with Crippen LogP contribution in [0.4, 0.5) is 0 Å². The van der Waals surface area contributed by atoms with Crippen LogP contribution in [0.1, 0.15) is 37.8 Å². The van der Waals surface area contributed by atoms with E-state index in [1.54, 1.807) is 19.1 Å². The normalized spacial score (nSPS) is 12.5. The summed E-state index contributed by atoms with van der Waals surface area (Å²) in [6.07, 6.45) is 2.95. The number of benzene rings is 3. The van der Waals surface area contributed by atoms with Gasteiger partial charge in [0.2, 0.25) is 0 Å². The standard InChI is InChI=1S/C29H31Cl2N3O4/c1-3-4-16-37-24-13-10-22(11-14-24)19-32-34-29(36)26(17-21-8-6-5-7-9-21)33-28(35)20(2)38-27-15-12-23(30)18-25(27)31/h5-15,18-20,26H,3-4,16-17H2,1-2H3,(H,33,35)(H,34,36)/b32-19-/t20-,26-/m0/s1. The van der Waals surface area contributed by atoms with Crippen molar-refractivity contribution < 1.29 is 19.1 Å². The van der Waals surface area contributed by atoms with Gasteiger partial charge in [-0.15, -0.1) is 0 Å². The smallest absolute Gasteiger partial charge is 0.262 e. The summed E-state index contributed by atoms with van der Waals surface area (Å²) in [5, 5.41) is 7.57. The molecule has 0 radical (unpaired) electrons. The highest BCUT2D eigenvalue weighted by Gasteiger charge is 2.25. The minimum atomic E-state index is -0.915. The van der Waals surface area contributed by atoms with Crippen LogP contribution in [0.2, 0.25) is 10.0 Å². The lowest BCUT2D eigenvalue weighted by atomic mass is 10.1. The van der Waals surface area contributed by atoms with Crippen LogP contribution in [0.3, 0.4) is 0 Å². The first-order valence-electron chi connectivity index (χ1n) is 12.4. The number of hydrazone groups is 1. The molecule has 2 atom stereocenters. The van der Waals surface area contributed by atoms with Gasteiger partial charge >= 0.3 is 0 Å². The number of rotatable bonds is 13. The lowest BCUT2D eigenvalue weighted by Crippen LogP contribution is -2.50. The van der Waals surface area contributed by atoms with Crippen LogP contribution in [0, 0.1) is 0 Å². The maximum atomic E-state index is 13.0. The third-order valence-corrected chi connectivity index (χ3v) is 6.05. The molecule has 0 heterocycles. The minimum absolute atomic E-state index is 0.270. The van der Waals surface area contributed by atoms with Gasteiger partial charge in [-0.25, -0.2) is 5.43 Å². The molecule has 0 saturated carbocycles. The van der Waals surface area contributed by atoms with Crippen LogP contribution >= 0.6 is 23.2 Å². The third-order valence-electron chi connectivity index (χ3n) is 5.52. The number of hydrogen-bond acceptors (Lipinski definition) is 5. The Morgan fingerprint density at radius 3 is 2.42 bits per heavy atom. The average molecular weight is 556 g/mol. The van der Waals surface area contributed by atoms with E-state index in [1.807, 2.05) is 54.6 Å². The van der Waals surface area contributed by atoms with Crippen molar-refractivity contribution in [2.24, 2.45) is 5.10 Å². The molecule has 2 N–H and O–H groups in total. The molecule has 0 aliphatic heterocycles. The summed E-state index contributed by atoms with van der Waals surface area (Å²) in [4.78, 5) is 25.9. The molecule has 3 aromatic rings. The zero-order chi connectivity index (χ0) is 27.3. The van der Waals surface area contributed by atoms with Crippen molar-refractivity contribution >= 4 is 41.2 Å². The molecule has 3 rings (SSSR count). The van der Waals surface area contributed by atoms with Gasteiger partial charge < -0.3 is 14.8 Å². The fourth-order valence-electron chi connectivity index (χ4n) is 3.40. The van der Waals surface area contributed by atoms with Crippen molar-refractivity contribution in [3.63, 3.8) is 0 Å². The molecule has 0 aliphatic rings. The van der Waals surface area contributed by atoms with Gasteiger partial charge in [0.25, 0.3) is 11.8 Å². The first kappa shape index (κ1) is 29.0. The summed E-state index contributed by atoms with van der Waals surface area (Å²) in [6.45, 7) is 4.36. The maximum absolute atomic E-state index is 13.0. The number of carbonyl (C=O) groups excluding carboxylic acids is 2. The predicted molar refractivity (Wildman–Crippen MR) is 151 cm³/mol. The van der Waals surface area contributed by atoms with Gasteiger partial charge in [0.15, 0.2) is 6.10 Å². The van der Waals surface area contributed by atoms with Gasteiger partial charge in [-0.3, -0.25) is 9.59 Å². The Balaban J connectivity index is 1.63. The van der Waals surface area contributed by atoms with Crippen molar-refractivity contribution in [2.45, 2.75) is 45.3 Å². The third kappa shape index (κ3) is 9.39. The number of ether oxygens (including phenoxy) is 2. The van der Waals surface area contributed by atoms with E-state index in [9.17, 15) is 9.59 Å². The number of unbranched alkanes of at least 4 members (excludes halogenated alkanes) is 1. The highest BCUT2D eigenvalue weighted by molar-refractivity contribution is 6.35. The zero-order valence-corrected chi connectivity index (χ0v) is 22.8. The van der Waals surface area contributed by atoms with Crippen LogP contribution in [-0.4, -0.2) is 36.8 Å². The van der Waals surface area contributed by atoms with E-state index < -0.39 is 24.0 Å². The molecular weight excluding hydrogens is 525 g/mol. The van der Waals surface area contributed by atoms with Gasteiger partial charge in [0.1, 0.15) is 17.5 Å². The second kappa shape index (κ2) is 15.0. The zero-order valence-electron chi connectivity index (χ0n) is 21.3. The topological polar surface area (TPSA) is 89.0 Å². The summed E-state index contributed by atoms with van der Waals surface area (Å²) in [6, 6.07) is 20.6. The maximum Gasteiger partial charge on any atom is 0.262 e. The summed E-state index contributed by atoms with van der Waals surface area (Å²) in [7, 11) is 0. The Kier molecular flexibility index (Phi) is 11.5. The van der Waals surface area contributed by atoms with Gasteiger partial charge in [-0.1, -0.05) is 66.9 Å². The number of carbonyl (C=O) groups is 2. The Morgan fingerprint density at radius 2 is 1.74 bits per heavy atom. The van der Waals surface area contributed by atoms with E-state index in [4.69, 9.17) is 32.7 Å². The monoisotopic (exact) mass is 555 g/mol. The average Bonchev–Trinajstić information content (AvgIpc) is 2.91. The summed E-state index contributed by atoms with van der Waals surface area (Å²) in [5.74, 6) is 0.153. The second-order valence-electron chi connectivity index (χ2n) is 8.59. The lowest BCUT2D eigenvalue weighted by molar-refractivity contribution is -0.132. The fraction of sp³-hybridized carbons (Fsp3) is 0.276. The molecule has 3 aromatic carbocycles. The molecule has 0 bridgehead atoms. The molecule has 0 fully saturated rings. The summed E-state index contributed by atoms with van der Waals surface area (Å²) >= 11 is 12.1. The molecule has 2 amide bonds. The highest BCUT2D eigenvalue weighted by Crippen LogP contribution is 2.28. The van der Waals surface area contributed by atoms with Gasteiger partial charge in [0, 0.05) is 11.4 Å². The molecule has 38 heavy (non-hydrogen) atoms. The van der Waals surface area contributed by atoms with Crippen LogP contribution in [0.5, 0.6) is 11.5 Å². The molecule has 0 spiro atoms. The van der Waals surface area contributed by atoms with E-state index in [-0.39, 0.29) is 11.4 Å². The van der Waals surface area contributed by atoms with Crippen molar-refractivity contribution in [2.75, 3.05) is 6.61 Å². The summed E-state index contributed by atoms with van der Waals surface area (Å²) in [5.41, 5.74) is 4.20. The second-order valence-corrected chi connectivity index (χ2v) is 9.43. The van der Waals surface area contributed by atoms with E-state index in [0.29, 0.717) is 17.4 Å². The van der Waals surface area contributed by atoms with Crippen molar-refractivity contribution in [3.05, 3.63) is 94.0 Å². The molecule has 7 nitrogen and oxygen atoms in total. The van der Waals surface area contributed by atoms with E-state index in [0.717, 1.165) is 29.7 Å². The van der Waals surface area contributed by atoms with Crippen LogP contribution in [0.25, 0.3) is 0 Å². The quantitative estimate of drug-likeness (QED) is 0.158. The Hall–Kier alpha value is -3.55. The number of halogens is 2. The van der Waals surface area contributed by atoms with Crippen LogP contribution in [-0.2, 0) is 16.0 Å². The SMILES string of the molecule is CCCCOc1ccc(/C=N\NC(=O)[C@H](Cc2ccccc2)NC(=O)[C@H](C)Oc2ccc(Cl)cc2Cl)cc1. The van der Waals surface area contributed by atoms with Crippen LogP contribution in [0.15, 0.2) is 77.9 Å². The Bertz CT molecular complexity index is 1220. The first-order chi connectivity index (χ1) is 18.4. The molecule has 0 saturated heterocycles. The summed E-state index contributed by atoms with van der Waals surface area (Å²) < 4.78 is 11.4.